The molecule has 0 aliphatic carbocycles. The fraction of sp³-hybridized carbons (Fsp3) is 0.500. The maximum absolute atomic E-state index is 12.8. The highest BCUT2D eigenvalue weighted by molar-refractivity contribution is 5.90. The molecule has 29 heavy (non-hydrogen) atoms. The summed E-state index contributed by atoms with van der Waals surface area (Å²) < 4.78 is 5.15. The number of rotatable bonds is 9. The van der Waals surface area contributed by atoms with Crippen LogP contribution < -0.4 is 10.6 Å². The predicted molar refractivity (Wildman–Crippen MR) is 114 cm³/mol. The average molecular weight is 404 g/mol. The molecular formula is C22H33N3O4. The van der Waals surface area contributed by atoms with Crippen LogP contribution in [-0.2, 0) is 14.3 Å². The lowest BCUT2D eigenvalue weighted by atomic mass is 10.0. The molecular weight excluding hydrogens is 370 g/mol. The molecule has 1 unspecified atom stereocenters. The summed E-state index contributed by atoms with van der Waals surface area (Å²) in [7, 11) is 1.55. The summed E-state index contributed by atoms with van der Waals surface area (Å²) >= 11 is 0. The van der Waals surface area contributed by atoms with E-state index in [1.54, 1.807) is 40.0 Å². The number of unbranched alkanes of at least 4 members (excludes halogenated alkanes) is 1. The number of likely N-dealkylation sites (N-methyl/N-ethyl adjacent to an activating group) is 1. The van der Waals surface area contributed by atoms with Gasteiger partial charge in [0.05, 0.1) is 0 Å². The normalized spacial score (nSPS) is 11.9. The van der Waals surface area contributed by atoms with Crippen LogP contribution in [0.15, 0.2) is 30.8 Å². The van der Waals surface area contributed by atoms with Gasteiger partial charge in [0.2, 0.25) is 11.8 Å². The van der Waals surface area contributed by atoms with Gasteiger partial charge in [0.15, 0.2) is 0 Å². The Kier molecular flexibility index (Phi) is 9.38. The fourth-order valence-corrected chi connectivity index (χ4v) is 2.62. The topological polar surface area (TPSA) is 87.7 Å². The lowest BCUT2D eigenvalue weighted by molar-refractivity contribution is -0.138. The van der Waals surface area contributed by atoms with Crippen LogP contribution in [0.3, 0.4) is 0 Å². The molecule has 7 nitrogen and oxygen atoms in total. The van der Waals surface area contributed by atoms with Crippen LogP contribution >= 0.6 is 0 Å². The quantitative estimate of drug-likeness (QED) is 0.620. The molecule has 0 heterocycles. The van der Waals surface area contributed by atoms with Crippen molar-refractivity contribution in [2.24, 2.45) is 0 Å². The molecule has 1 rings (SSSR count). The summed E-state index contributed by atoms with van der Waals surface area (Å²) in [6.07, 6.45) is 2.80. The van der Waals surface area contributed by atoms with Gasteiger partial charge in [0.1, 0.15) is 18.2 Å². The highest BCUT2D eigenvalue weighted by Gasteiger charge is 2.29. The molecule has 0 spiro atoms. The molecule has 0 aliphatic rings. The first-order valence-corrected chi connectivity index (χ1v) is 9.81. The van der Waals surface area contributed by atoms with Crippen molar-refractivity contribution in [3.05, 3.63) is 42.0 Å². The molecule has 0 saturated heterocycles. The number of nitrogens with one attached hydrogen (secondary N) is 2. The zero-order valence-corrected chi connectivity index (χ0v) is 18.1. The molecule has 1 aromatic rings. The first-order chi connectivity index (χ1) is 13.6. The van der Waals surface area contributed by atoms with Crippen LogP contribution in [0.2, 0.25) is 0 Å². The van der Waals surface area contributed by atoms with Gasteiger partial charge in [0, 0.05) is 13.6 Å². The summed E-state index contributed by atoms with van der Waals surface area (Å²) in [5.41, 5.74) is 0.859. The minimum Gasteiger partial charge on any atom is -0.444 e. The summed E-state index contributed by atoms with van der Waals surface area (Å²) in [5.74, 6) is -0.678. The first-order valence-electron chi connectivity index (χ1n) is 9.81. The van der Waals surface area contributed by atoms with E-state index >= 15 is 0 Å². The fourth-order valence-electron chi connectivity index (χ4n) is 2.62. The second kappa shape index (κ2) is 11.2. The van der Waals surface area contributed by atoms with Gasteiger partial charge in [-0.15, -0.1) is 0 Å². The van der Waals surface area contributed by atoms with Crippen molar-refractivity contribution in [3.8, 4) is 0 Å². The second-order valence-electron chi connectivity index (χ2n) is 7.78. The van der Waals surface area contributed by atoms with Crippen molar-refractivity contribution in [1.29, 1.82) is 0 Å². The van der Waals surface area contributed by atoms with Crippen molar-refractivity contribution in [1.82, 2.24) is 15.5 Å². The Hall–Kier alpha value is -2.83. The number of benzene rings is 1. The van der Waals surface area contributed by atoms with E-state index in [4.69, 9.17) is 4.74 Å². The number of alkyl carbamates (subject to hydrolysis) is 1. The Morgan fingerprint density at radius 2 is 1.93 bits per heavy atom. The maximum Gasteiger partial charge on any atom is 0.408 e. The van der Waals surface area contributed by atoms with Crippen molar-refractivity contribution < 1.29 is 19.1 Å². The van der Waals surface area contributed by atoms with Gasteiger partial charge in [-0.3, -0.25) is 9.59 Å². The molecule has 2 N–H and O–H groups in total. The minimum absolute atomic E-state index is 0.271. The molecule has 3 amide bonds. The number of carbonyl (C=O) groups excluding carboxylic acids is 3. The molecule has 7 heteroatoms. The minimum atomic E-state index is -0.820. The molecule has 0 saturated carbocycles. The molecule has 1 aromatic carbocycles. The van der Waals surface area contributed by atoms with Gasteiger partial charge in [0.25, 0.3) is 0 Å². The van der Waals surface area contributed by atoms with Gasteiger partial charge in [-0.25, -0.2) is 4.79 Å². The van der Waals surface area contributed by atoms with Crippen LogP contribution in [0.4, 0.5) is 4.79 Å². The number of carbonyl (C=O) groups is 3. The largest absolute Gasteiger partial charge is 0.444 e. The average Bonchev–Trinajstić information content (AvgIpc) is 2.65. The summed E-state index contributed by atoms with van der Waals surface area (Å²) in [6, 6.07) is 6.48. The van der Waals surface area contributed by atoms with Gasteiger partial charge >= 0.3 is 6.09 Å². The SMILES string of the molecule is C=Cc1cccc(C(C(=O)NCCCC)N(C)C(=O)CNC(=O)OC(C)(C)C)c1. The smallest absolute Gasteiger partial charge is 0.408 e. The summed E-state index contributed by atoms with van der Waals surface area (Å²) in [6.45, 7) is 11.3. The molecule has 1 atom stereocenters. The van der Waals surface area contributed by atoms with E-state index in [0.29, 0.717) is 12.1 Å². The van der Waals surface area contributed by atoms with E-state index in [2.05, 4.69) is 17.2 Å². The molecule has 160 valence electrons. The first kappa shape index (κ1) is 24.2. The molecule has 0 aliphatic heterocycles. The van der Waals surface area contributed by atoms with E-state index in [9.17, 15) is 14.4 Å². The van der Waals surface area contributed by atoms with Crippen LogP contribution in [-0.4, -0.2) is 48.5 Å². The molecule has 0 radical (unpaired) electrons. The van der Waals surface area contributed by atoms with Crippen molar-refractivity contribution >= 4 is 24.0 Å². The molecule has 0 aromatic heterocycles. The van der Waals surface area contributed by atoms with Crippen molar-refractivity contribution in [2.45, 2.75) is 52.2 Å². The zero-order valence-electron chi connectivity index (χ0n) is 18.1. The number of hydrogen-bond acceptors (Lipinski definition) is 4. The number of hydrogen-bond donors (Lipinski definition) is 2. The number of nitrogens with zero attached hydrogens (tertiary/aromatic N) is 1. The van der Waals surface area contributed by atoms with E-state index in [1.807, 2.05) is 25.1 Å². The third kappa shape index (κ3) is 8.37. The highest BCUT2D eigenvalue weighted by atomic mass is 16.6. The zero-order chi connectivity index (χ0) is 22.0. The Labute approximate surface area is 173 Å². The predicted octanol–water partition coefficient (Wildman–Crippen LogP) is 3.27. The summed E-state index contributed by atoms with van der Waals surface area (Å²) in [5, 5.41) is 5.32. The lowest BCUT2D eigenvalue weighted by Gasteiger charge is -2.28. The van der Waals surface area contributed by atoms with E-state index in [-0.39, 0.29) is 12.5 Å². The Morgan fingerprint density at radius 1 is 1.24 bits per heavy atom. The monoisotopic (exact) mass is 403 g/mol. The highest BCUT2D eigenvalue weighted by Crippen LogP contribution is 2.22. The second-order valence-corrected chi connectivity index (χ2v) is 7.78. The Bertz CT molecular complexity index is 725. The Morgan fingerprint density at radius 3 is 2.52 bits per heavy atom. The van der Waals surface area contributed by atoms with Crippen LogP contribution in [0, 0.1) is 0 Å². The Balaban J connectivity index is 2.95. The van der Waals surface area contributed by atoms with E-state index in [0.717, 1.165) is 18.4 Å². The van der Waals surface area contributed by atoms with Crippen LogP contribution in [0.5, 0.6) is 0 Å². The van der Waals surface area contributed by atoms with Crippen molar-refractivity contribution in [2.75, 3.05) is 20.1 Å². The maximum atomic E-state index is 12.8. The van der Waals surface area contributed by atoms with Gasteiger partial charge in [-0.05, 0) is 44.4 Å². The lowest BCUT2D eigenvalue weighted by Crippen LogP contribution is -2.46. The number of amides is 3. The third-order valence-electron chi connectivity index (χ3n) is 4.10. The summed E-state index contributed by atoms with van der Waals surface area (Å²) in [4.78, 5) is 38.7. The van der Waals surface area contributed by atoms with Crippen LogP contribution in [0.1, 0.15) is 57.7 Å². The number of ether oxygens (including phenoxy) is 1. The third-order valence-corrected chi connectivity index (χ3v) is 4.10. The van der Waals surface area contributed by atoms with Gasteiger partial charge in [-0.1, -0.05) is 44.2 Å². The molecule has 0 fully saturated rings. The van der Waals surface area contributed by atoms with Crippen LogP contribution in [0.25, 0.3) is 6.08 Å². The van der Waals surface area contributed by atoms with E-state index < -0.39 is 23.6 Å². The van der Waals surface area contributed by atoms with E-state index in [1.165, 1.54) is 4.90 Å². The van der Waals surface area contributed by atoms with Crippen molar-refractivity contribution in [3.63, 3.8) is 0 Å². The standard InChI is InChI=1S/C22H33N3O4/c1-7-9-13-23-20(27)19(17-12-10-11-16(8-2)14-17)25(6)18(26)15-24-21(28)29-22(3,4)5/h8,10-12,14,19H,2,7,9,13,15H2,1,3-6H3,(H,23,27)(H,24,28). The molecule has 0 bridgehead atoms. The van der Waals surface area contributed by atoms with Gasteiger partial charge in [-0.2, -0.15) is 0 Å². The van der Waals surface area contributed by atoms with Gasteiger partial charge < -0.3 is 20.3 Å².